The van der Waals surface area contributed by atoms with Crippen molar-refractivity contribution in [1.29, 1.82) is 0 Å². The highest BCUT2D eigenvalue weighted by molar-refractivity contribution is 7.99. The van der Waals surface area contributed by atoms with Crippen LogP contribution < -0.4 is 40.2 Å². The molecule has 0 atom stereocenters. The second kappa shape index (κ2) is 24.3. The number of urea groups is 2. The van der Waals surface area contributed by atoms with Gasteiger partial charge in [-0.1, -0.05) is 75.8 Å². The lowest BCUT2D eigenvalue weighted by Gasteiger charge is -2.13. The molecule has 0 saturated heterocycles. The first-order valence-electron chi connectivity index (χ1n) is 23.4. The number of hydrogen-bond acceptors (Lipinski definition) is 18. The summed E-state index contributed by atoms with van der Waals surface area (Å²) in [5.41, 5.74) is 2.05. The molecule has 394 valence electrons. The van der Waals surface area contributed by atoms with Crippen molar-refractivity contribution in [1.82, 2.24) is 30.2 Å². The van der Waals surface area contributed by atoms with E-state index in [-0.39, 0.29) is 23.2 Å². The maximum atomic E-state index is 12.6. The van der Waals surface area contributed by atoms with E-state index in [0.29, 0.717) is 104 Å². The molecular formula is C52H58N10O11S2. The molecule has 0 fully saturated rings. The van der Waals surface area contributed by atoms with Gasteiger partial charge >= 0.3 is 12.1 Å². The van der Waals surface area contributed by atoms with Crippen LogP contribution in [-0.2, 0) is 25.4 Å². The minimum Gasteiger partial charge on any atom is -0.493 e. The zero-order chi connectivity index (χ0) is 53.8. The molecule has 21 nitrogen and oxygen atoms in total. The minimum atomic E-state index is -3.07. The summed E-state index contributed by atoms with van der Waals surface area (Å²) in [6.07, 6.45) is 4.45. The first kappa shape index (κ1) is 54.7. The van der Waals surface area contributed by atoms with Crippen molar-refractivity contribution in [2.45, 2.75) is 68.7 Å². The monoisotopic (exact) mass is 1060 g/mol. The zero-order valence-electron chi connectivity index (χ0n) is 42.8. The number of ether oxygens (including phenoxy) is 5. The number of methoxy groups -OCH3 is 2. The van der Waals surface area contributed by atoms with Gasteiger partial charge in [0.15, 0.2) is 23.1 Å². The third kappa shape index (κ3) is 16.0. The highest BCUT2D eigenvalue weighted by atomic mass is 32.2. The van der Waals surface area contributed by atoms with Crippen molar-refractivity contribution in [2.75, 3.05) is 67.3 Å². The van der Waals surface area contributed by atoms with Gasteiger partial charge in [-0.05, 0) is 61.0 Å². The highest BCUT2D eigenvalue weighted by Crippen LogP contribution is 2.38. The van der Waals surface area contributed by atoms with Gasteiger partial charge in [0.25, 0.3) is 0 Å². The molecule has 4 heterocycles. The van der Waals surface area contributed by atoms with E-state index < -0.39 is 21.9 Å². The lowest BCUT2D eigenvalue weighted by atomic mass is 9.93. The quantitative estimate of drug-likeness (QED) is 0.0459. The molecule has 0 unspecified atom stereocenters. The average Bonchev–Trinajstić information content (AvgIpc) is 4.04. The molecule has 8 rings (SSSR count). The Morgan fingerprint density at radius 3 is 1.89 bits per heavy atom. The van der Waals surface area contributed by atoms with E-state index in [0.717, 1.165) is 10.3 Å². The van der Waals surface area contributed by atoms with Crippen LogP contribution in [0.15, 0.2) is 123 Å². The van der Waals surface area contributed by atoms with Crippen molar-refractivity contribution < 1.29 is 50.7 Å². The summed E-state index contributed by atoms with van der Waals surface area (Å²) in [6, 6.07) is 25.8. The number of aromatic nitrogens is 6. The Morgan fingerprint density at radius 1 is 0.627 bits per heavy atom. The van der Waals surface area contributed by atoms with E-state index in [2.05, 4.69) is 51.5 Å². The van der Waals surface area contributed by atoms with Crippen LogP contribution >= 0.6 is 11.8 Å². The SMILES string of the molecule is COCCOc1ccc2ncnc(Oc3cccc(NC(=O)Nc4cc(C(C)(C)C)on4)c3)c2c1.COc1cc2ncnc(Sc3cccc(NC(=O)Nc4cc(C(C)(C)C)on4)c3)c2cc1OCCCS(C)(=O)=O. The van der Waals surface area contributed by atoms with Crippen molar-refractivity contribution in [3.8, 4) is 28.9 Å². The highest BCUT2D eigenvalue weighted by Gasteiger charge is 2.22. The third-order valence-electron chi connectivity index (χ3n) is 10.5. The molecule has 0 bridgehead atoms. The van der Waals surface area contributed by atoms with Crippen LogP contribution in [-0.4, -0.2) is 96.8 Å². The lowest BCUT2D eigenvalue weighted by Crippen LogP contribution is -2.19. The maximum absolute atomic E-state index is 12.6. The number of carbonyl (C=O) groups is 2. The van der Waals surface area contributed by atoms with Crippen molar-refractivity contribution >= 4 is 78.5 Å². The van der Waals surface area contributed by atoms with Gasteiger partial charge in [-0.2, -0.15) is 0 Å². The molecule has 23 heteroatoms. The normalized spacial score (nSPS) is 11.6. The number of fused-ring (bicyclic) bond motifs is 2. The van der Waals surface area contributed by atoms with E-state index in [9.17, 15) is 18.0 Å². The molecule has 0 aliphatic carbocycles. The van der Waals surface area contributed by atoms with Gasteiger partial charge in [-0.3, -0.25) is 10.6 Å². The zero-order valence-corrected chi connectivity index (χ0v) is 44.5. The molecule has 4 N–H and O–H groups in total. The van der Waals surface area contributed by atoms with Gasteiger partial charge < -0.3 is 43.4 Å². The molecule has 4 amide bonds. The van der Waals surface area contributed by atoms with E-state index >= 15 is 0 Å². The number of amides is 4. The van der Waals surface area contributed by atoms with Gasteiger partial charge in [0.1, 0.15) is 57.1 Å². The van der Waals surface area contributed by atoms with Crippen LogP contribution in [0, 0.1) is 0 Å². The van der Waals surface area contributed by atoms with E-state index in [1.165, 1.54) is 37.8 Å². The number of carbonyl (C=O) groups excluding carboxylic acids is 2. The molecule has 0 aliphatic heterocycles. The molecule has 8 aromatic rings. The van der Waals surface area contributed by atoms with Gasteiger partial charge in [0.2, 0.25) is 5.88 Å². The topological polar surface area (TPSA) is 266 Å². The Labute approximate surface area is 437 Å². The Morgan fingerprint density at radius 2 is 1.27 bits per heavy atom. The molecule has 75 heavy (non-hydrogen) atoms. The molecule has 0 spiro atoms. The average molecular weight is 1060 g/mol. The number of hydrogen-bond donors (Lipinski definition) is 4. The standard InChI is InChI=1S/C27H31N5O6S2.C25H27N5O5/c1-27(2,3)23-15-24(32-38-23)31-26(33)30-17-8-6-9-18(12-17)39-25-19-13-22(37-10-7-11-40(5,34)35)21(36-4)14-20(19)28-16-29-25;1-25(2,3)21-14-22(30-35-21)29-24(31)28-16-6-5-7-18(12-16)34-23-19-13-17(33-11-10-32-4)8-9-20(19)26-15-27-23/h6,8-9,12-16H,7,10-11H2,1-5H3,(H2,30,31,32,33);5-9,12-15H,10-11H2,1-4H3,(H2,28,29,30,31). The maximum Gasteiger partial charge on any atom is 0.324 e. The summed E-state index contributed by atoms with van der Waals surface area (Å²) in [6.45, 7) is 13.1. The van der Waals surface area contributed by atoms with E-state index in [4.69, 9.17) is 32.7 Å². The fraction of sp³-hybridized carbons (Fsp3) is 0.308. The Kier molecular flexibility index (Phi) is 17.8. The fourth-order valence-corrected chi connectivity index (χ4v) is 8.33. The van der Waals surface area contributed by atoms with Crippen LogP contribution in [0.25, 0.3) is 21.8 Å². The largest absolute Gasteiger partial charge is 0.493 e. The van der Waals surface area contributed by atoms with Crippen molar-refractivity contribution in [3.05, 3.63) is 115 Å². The summed E-state index contributed by atoms with van der Waals surface area (Å²) < 4.78 is 61.5. The first-order valence-corrected chi connectivity index (χ1v) is 26.3. The molecule has 4 aromatic heterocycles. The summed E-state index contributed by atoms with van der Waals surface area (Å²) in [4.78, 5) is 43.2. The second-order valence-electron chi connectivity index (χ2n) is 18.8. The van der Waals surface area contributed by atoms with Gasteiger partial charge in [0, 0.05) is 70.1 Å². The Balaban J connectivity index is 0.000000221. The lowest BCUT2D eigenvalue weighted by molar-refractivity contribution is 0.146. The predicted molar refractivity (Wildman–Crippen MR) is 286 cm³/mol. The molecule has 0 radical (unpaired) electrons. The number of rotatable bonds is 18. The van der Waals surface area contributed by atoms with Gasteiger partial charge in [-0.25, -0.2) is 37.9 Å². The Bertz CT molecular complexity index is 3370. The molecular weight excluding hydrogens is 1000 g/mol. The van der Waals surface area contributed by atoms with Crippen LogP contribution in [0.2, 0.25) is 0 Å². The number of anilines is 4. The number of nitrogens with zero attached hydrogens (tertiary/aromatic N) is 6. The van der Waals surface area contributed by atoms with E-state index in [1.807, 2.05) is 77.9 Å². The van der Waals surface area contributed by atoms with Gasteiger partial charge in [0.05, 0.1) is 42.5 Å². The predicted octanol–water partition coefficient (Wildman–Crippen LogP) is 10.9. The van der Waals surface area contributed by atoms with Crippen LogP contribution in [0.1, 0.15) is 59.5 Å². The molecule has 0 saturated carbocycles. The van der Waals surface area contributed by atoms with Gasteiger partial charge in [-0.15, -0.1) is 0 Å². The fourth-order valence-electron chi connectivity index (χ4n) is 6.75. The van der Waals surface area contributed by atoms with E-state index in [1.54, 1.807) is 61.7 Å². The number of sulfone groups is 1. The number of nitrogens with one attached hydrogen (secondary N) is 4. The minimum absolute atomic E-state index is 0.0338. The van der Waals surface area contributed by atoms with Crippen molar-refractivity contribution in [2.24, 2.45) is 0 Å². The van der Waals surface area contributed by atoms with Crippen LogP contribution in [0.5, 0.6) is 28.9 Å². The van der Waals surface area contributed by atoms with Crippen LogP contribution in [0.4, 0.5) is 32.6 Å². The summed E-state index contributed by atoms with van der Waals surface area (Å²) in [5, 5.41) is 20.8. The third-order valence-corrected chi connectivity index (χ3v) is 12.6. The Hall–Kier alpha value is -8.02. The smallest absolute Gasteiger partial charge is 0.324 e. The van der Waals surface area contributed by atoms with Crippen molar-refractivity contribution in [3.63, 3.8) is 0 Å². The summed E-state index contributed by atoms with van der Waals surface area (Å²) in [5.74, 6) is 4.49. The first-order chi connectivity index (χ1) is 35.7. The molecule has 0 aliphatic rings. The molecule has 4 aromatic carbocycles. The number of benzene rings is 4. The van der Waals surface area contributed by atoms with Crippen LogP contribution in [0.3, 0.4) is 0 Å². The second-order valence-corrected chi connectivity index (χ2v) is 22.1. The summed E-state index contributed by atoms with van der Waals surface area (Å²) >= 11 is 1.40. The summed E-state index contributed by atoms with van der Waals surface area (Å²) in [7, 11) is 0.0743.